The summed E-state index contributed by atoms with van der Waals surface area (Å²) in [7, 11) is 0. The van der Waals surface area contributed by atoms with Crippen LogP contribution in [0.15, 0.2) is 30.3 Å². The van der Waals surface area contributed by atoms with Crippen molar-refractivity contribution < 1.29 is 19.5 Å². The lowest BCUT2D eigenvalue weighted by atomic mass is 10.1. The lowest BCUT2D eigenvalue weighted by Gasteiger charge is -2.15. The molecule has 0 saturated carbocycles. The standard InChI is InChI=1S/C14H19N3O4S/c15-10(8-22)13(19)16-7-12(18)17-11(14(20)21)6-9-4-2-1-3-5-9/h1-5,10-11,22H,6-8,15H2,(H,16,19)(H,17,18)(H,20,21)/t10-,11-/m0/s1. The van der Waals surface area contributed by atoms with Gasteiger partial charge in [0.05, 0.1) is 12.6 Å². The number of nitrogens with two attached hydrogens (primary N) is 1. The molecule has 0 bridgehead atoms. The molecule has 0 spiro atoms. The van der Waals surface area contributed by atoms with E-state index in [2.05, 4.69) is 23.3 Å². The van der Waals surface area contributed by atoms with Crippen molar-refractivity contribution in [3.8, 4) is 0 Å². The Morgan fingerprint density at radius 1 is 1.23 bits per heavy atom. The number of rotatable bonds is 8. The highest BCUT2D eigenvalue weighted by atomic mass is 32.1. The van der Waals surface area contributed by atoms with E-state index in [1.54, 1.807) is 24.3 Å². The highest BCUT2D eigenvalue weighted by Gasteiger charge is 2.21. The number of nitrogens with one attached hydrogen (secondary N) is 2. The molecule has 5 N–H and O–H groups in total. The molecule has 0 fully saturated rings. The minimum Gasteiger partial charge on any atom is -0.480 e. The molecular weight excluding hydrogens is 306 g/mol. The number of carboxylic acids is 1. The Labute approximate surface area is 133 Å². The van der Waals surface area contributed by atoms with E-state index in [1.807, 2.05) is 6.07 Å². The van der Waals surface area contributed by atoms with Gasteiger partial charge < -0.3 is 21.5 Å². The van der Waals surface area contributed by atoms with E-state index < -0.39 is 29.9 Å². The Hall–Kier alpha value is -2.06. The van der Waals surface area contributed by atoms with Crippen molar-refractivity contribution in [3.05, 3.63) is 35.9 Å². The number of benzene rings is 1. The molecule has 2 atom stereocenters. The molecule has 0 aliphatic carbocycles. The minimum atomic E-state index is -1.14. The van der Waals surface area contributed by atoms with E-state index in [0.717, 1.165) is 5.56 Å². The van der Waals surface area contributed by atoms with E-state index in [4.69, 9.17) is 10.8 Å². The predicted molar refractivity (Wildman–Crippen MR) is 84.6 cm³/mol. The van der Waals surface area contributed by atoms with Gasteiger partial charge in [-0.05, 0) is 5.56 Å². The fourth-order valence-corrected chi connectivity index (χ4v) is 1.84. The van der Waals surface area contributed by atoms with Crippen LogP contribution in [0.2, 0.25) is 0 Å². The number of amides is 2. The Morgan fingerprint density at radius 2 is 1.86 bits per heavy atom. The van der Waals surface area contributed by atoms with E-state index in [-0.39, 0.29) is 18.7 Å². The predicted octanol–water partition coefficient (Wildman–Crippen LogP) is -0.828. The van der Waals surface area contributed by atoms with E-state index in [0.29, 0.717) is 0 Å². The molecule has 0 heterocycles. The monoisotopic (exact) mass is 325 g/mol. The summed E-state index contributed by atoms with van der Waals surface area (Å²) >= 11 is 3.87. The van der Waals surface area contributed by atoms with Crippen molar-refractivity contribution in [2.24, 2.45) is 5.73 Å². The van der Waals surface area contributed by atoms with Crippen molar-refractivity contribution in [3.63, 3.8) is 0 Å². The molecule has 0 aliphatic rings. The topological polar surface area (TPSA) is 122 Å². The quantitative estimate of drug-likeness (QED) is 0.400. The third-order valence-electron chi connectivity index (χ3n) is 2.87. The van der Waals surface area contributed by atoms with Crippen LogP contribution < -0.4 is 16.4 Å². The van der Waals surface area contributed by atoms with Gasteiger partial charge in [-0.2, -0.15) is 12.6 Å². The molecule has 8 heteroatoms. The molecule has 1 aromatic rings. The SMILES string of the molecule is N[C@@H](CS)C(=O)NCC(=O)N[C@@H](Cc1ccccc1)C(=O)O. The van der Waals surface area contributed by atoms with Crippen LogP contribution in [0, 0.1) is 0 Å². The average molecular weight is 325 g/mol. The summed E-state index contributed by atoms with van der Waals surface area (Å²) in [4.78, 5) is 34.3. The van der Waals surface area contributed by atoms with Crippen molar-refractivity contribution in [1.29, 1.82) is 0 Å². The Morgan fingerprint density at radius 3 is 2.41 bits per heavy atom. The smallest absolute Gasteiger partial charge is 0.326 e. The lowest BCUT2D eigenvalue weighted by Crippen LogP contribution is -2.49. The first-order chi connectivity index (χ1) is 10.4. The molecule has 22 heavy (non-hydrogen) atoms. The highest BCUT2D eigenvalue weighted by molar-refractivity contribution is 7.80. The second-order valence-corrected chi connectivity index (χ2v) is 5.02. The maximum absolute atomic E-state index is 11.7. The van der Waals surface area contributed by atoms with Gasteiger partial charge in [0, 0.05) is 12.2 Å². The first-order valence-corrected chi connectivity index (χ1v) is 7.27. The summed E-state index contributed by atoms with van der Waals surface area (Å²) in [6.07, 6.45) is 0.159. The zero-order valence-corrected chi connectivity index (χ0v) is 12.8. The normalized spacial score (nSPS) is 13.0. The summed E-state index contributed by atoms with van der Waals surface area (Å²) in [5.74, 6) is -2.10. The van der Waals surface area contributed by atoms with Gasteiger partial charge in [-0.15, -0.1) is 0 Å². The van der Waals surface area contributed by atoms with Gasteiger partial charge in [0.1, 0.15) is 6.04 Å². The number of thiol groups is 1. The van der Waals surface area contributed by atoms with Crippen molar-refractivity contribution >= 4 is 30.4 Å². The van der Waals surface area contributed by atoms with Gasteiger partial charge in [-0.3, -0.25) is 9.59 Å². The van der Waals surface area contributed by atoms with Gasteiger partial charge in [0.2, 0.25) is 11.8 Å². The molecular formula is C14H19N3O4S. The van der Waals surface area contributed by atoms with Crippen molar-refractivity contribution in [1.82, 2.24) is 10.6 Å². The molecule has 1 rings (SSSR count). The summed E-state index contributed by atoms with van der Waals surface area (Å²) in [6.45, 7) is -0.334. The highest BCUT2D eigenvalue weighted by Crippen LogP contribution is 2.03. The van der Waals surface area contributed by atoms with E-state index in [1.165, 1.54) is 0 Å². The molecule has 0 saturated heterocycles. The zero-order valence-electron chi connectivity index (χ0n) is 11.9. The maximum Gasteiger partial charge on any atom is 0.326 e. The zero-order chi connectivity index (χ0) is 16.5. The van der Waals surface area contributed by atoms with E-state index >= 15 is 0 Å². The third kappa shape index (κ3) is 6.15. The summed E-state index contributed by atoms with van der Waals surface area (Å²) in [5.41, 5.74) is 6.23. The molecule has 120 valence electrons. The van der Waals surface area contributed by atoms with Crippen LogP contribution in [0.1, 0.15) is 5.56 Å². The van der Waals surface area contributed by atoms with Crippen molar-refractivity contribution in [2.45, 2.75) is 18.5 Å². The minimum absolute atomic E-state index is 0.152. The van der Waals surface area contributed by atoms with Crippen LogP contribution in [0.5, 0.6) is 0 Å². The second-order valence-electron chi connectivity index (χ2n) is 4.65. The Balaban J connectivity index is 2.51. The van der Waals surface area contributed by atoms with Gasteiger partial charge in [0.25, 0.3) is 0 Å². The number of hydrogen-bond acceptors (Lipinski definition) is 5. The van der Waals surface area contributed by atoms with Crippen LogP contribution in [0.25, 0.3) is 0 Å². The van der Waals surface area contributed by atoms with Gasteiger partial charge >= 0.3 is 5.97 Å². The number of carbonyl (C=O) groups is 3. The third-order valence-corrected chi connectivity index (χ3v) is 3.27. The van der Waals surface area contributed by atoms with Crippen LogP contribution in [0.3, 0.4) is 0 Å². The molecule has 2 amide bonds. The van der Waals surface area contributed by atoms with Crippen LogP contribution in [0.4, 0.5) is 0 Å². The molecule has 0 unspecified atom stereocenters. The van der Waals surface area contributed by atoms with Crippen LogP contribution in [-0.4, -0.2) is 47.3 Å². The Bertz CT molecular complexity index is 524. The van der Waals surface area contributed by atoms with E-state index in [9.17, 15) is 14.4 Å². The number of hydrogen-bond donors (Lipinski definition) is 5. The molecule has 1 aromatic carbocycles. The molecule has 0 radical (unpaired) electrons. The first kappa shape index (κ1) is 18.0. The lowest BCUT2D eigenvalue weighted by molar-refractivity contribution is -0.141. The van der Waals surface area contributed by atoms with Gasteiger partial charge in [-0.1, -0.05) is 30.3 Å². The second kappa shape index (κ2) is 9.06. The summed E-state index contributed by atoms with van der Waals surface area (Å²) < 4.78 is 0. The number of carbonyl (C=O) groups excluding carboxylic acids is 2. The van der Waals surface area contributed by atoms with Gasteiger partial charge in [0.15, 0.2) is 0 Å². The van der Waals surface area contributed by atoms with Gasteiger partial charge in [-0.25, -0.2) is 4.79 Å². The average Bonchev–Trinajstić information content (AvgIpc) is 2.52. The van der Waals surface area contributed by atoms with Crippen LogP contribution in [-0.2, 0) is 20.8 Å². The summed E-state index contributed by atoms with van der Waals surface area (Å²) in [5, 5.41) is 13.8. The number of aliphatic carboxylic acids is 1. The molecule has 0 aliphatic heterocycles. The summed E-state index contributed by atoms with van der Waals surface area (Å²) in [6, 6.07) is 7.06. The number of carboxylic acid groups (broad SMARTS) is 1. The largest absolute Gasteiger partial charge is 0.480 e. The molecule has 0 aromatic heterocycles. The molecule has 7 nitrogen and oxygen atoms in total. The Kier molecular flexibility index (Phi) is 7.41. The fourth-order valence-electron chi connectivity index (χ4n) is 1.68. The fraction of sp³-hybridized carbons (Fsp3) is 0.357. The van der Waals surface area contributed by atoms with Crippen LogP contribution >= 0.6 is 12.6 Å². The first-order valence-electron chi connectivity index (χ1n) is 6.64. The van der Waals surface area contributed by atoms with Crippen molar-refractivity contribution in [2.75, 3.05) is 12.3 Å². The maximum atomic E-state index is 11.7.